The van der Waals surface area contributed by atoms with Crippen LogP contribution in [0.3, 0.4) is 0 Å². The van der Waals surface area contributed by atoms with Crippen molar-refractivity contribution in [2.45, 2.75) is 13.3 Å². The summed E-state index contributed by atoms with van der Waals surface area (Å²) in [7, 11) is 0. The van der Waals surface area contributed by atoms with Crippen LogP contribution in [-0.2, 0) is 0 Å². The van der Waals surface area contributed by atoms with Crippen LogP contribution < -0.4 is 5.32 Å². The van der Waals surface area contributed by atoms with Crippen LogP contribution in [0, 0.1) is 6.92 Å². The first-order chi connectivity index (χ1) is 6.24. The normalized spacial score (nSPS) is 10.0. The molecule has 0 spiro atoms. The predicted molar refractivity (Wildman–Crippen MR) is 51.1 cm³/mol. The fourth-order valence-corrected chi connectivity index (χ4v) is 1.05. The molecular weight excluding hydrogens is 190 g/mol. The second kappa shape index (κ2) is 4.92. The van der Waals surface area contributed by atoms with Crippen LogP contribution >= 0.6 is 11.6 Å². The lowest BCUT2D eigenvalue weighted by atomic mass is 10.4. The van der Waals surface area contributed by atoms with Crippen LogP contribution in [0.2, 0.25) is 0 Å². The van der Waals surface area contributed by atoms with Gasteiger partial charge in [-0.1, -0.05) is 0 Å². The highest BCUT2D eigenvalue weighted by Gasteiger charge is 2.07. The van der Waals surface area contributed by atoms with Crippen molar-refractivity contribution in [2.75, 3.05) is 12.4 Å². The number of aryl methyl sites for hydroxylation is 1. The van der Waals surface area contributed by atoms with E-state index in [-0.39, 0.29) is 5.91 Å². The topological polar surface area (TPSA) is 42.2 Å². The Morgan fingerprint density at radius 2 is 2.38 bits per heavy atom. The molecule has 1 aromatic heterocycles. The first-order valence-electron chi connectivity index (χ1n) is 4.14. The van der Waals surface area contributed by atoms with Gasteiger partial charge in [0, 0.05) is 12.4 Å². The van der Waals surface area contributed by atoms with Crippen molar-refractivity contribution >= 4 is 17.5 Å². The molecule has 0 aliphatic heterocycles. The molecule has 0 unspecified atom stereocenters. The molecule has 72 valence electrons. The second-order valence-electron chi connectivity index (χ2n) is 2.71. The number of halogens is 1. The summed E-state index contributed by atoms with van der Waals surface area (Å²) in [6.45, 7) is 2.39. The highest BCUT2D eigenvalue weighted by atomic mass is 35.5. The van der Waals surface area contributed by atoms with Crippen LogP contribution in [0.1, 0.15) is 22.7 Å². The molecule has 13 heavy (non-hydrogen) atoms. The van der Waals surface area contributed by atoms with E-state index >= 15 is 0 Å². The van der Waals surface area contributed by atoms with Gasteiger partial charge in [-0.15, -0.1) is 11.6 Å². The average Bonchev–Trinajstić information content (AvgIpc) is 2.52. The van der Waals surface area contributed by atoms with Gasteiger partial charge in [0.2, 0.25) is 0 Å². The first kappa shape index (κ1) is 10.1. The van der Waals surface area contributed by atoms with Crippen molar-refractivity contribution in [3.8, 4) is 0 Å². The third kappa shape index (κ3) is 3.11. The summed E-state index contributed by atoms with van der Waals surface area (Å²) in [6.07, 6.45) is 0.771. The minimum Gasteiger partial charge on any atom is -0.456 e. The molecule has 1 heterocycles. The highest BCUT2D eigenvalue weighted by Crippen LogP contribution is 2.05. The maximum absolute atomic E-state index is 11.3. The maximum Gasteiger partial charge on any atom is 0.286 e. The summed E-state index contributed by atoms with van der Waals surface area (Å²) in [5.74, 6) is 1.46. The molecule has 0 atom stereocenters. The summed E-state index contributed by atoms with van der Waals surface area (Å²) in [4.78, 5) is 11.3. The van der Waals surface area contributed by atoms with Gasteiger partial charge in [0.15, 0.2) is 5.76 Å². The second-order valence-corrected chi connectivity index (χ2v) is 3.09. The third-order valence-electron chi connectivity index (χ3n) is 1.56. The van der Waals surface area contributed by atoms with Crippen LogP contribution in [-0.4, -0.2) is 18.3 Å². The van der Waals surface area contributed by atoms with Crippen LogP contribution in [0.5, 0.6) is 0 Å². The summed E-state index contributed by atoms with van der Waals surface area (Å²) >= 11 is 5.46. The Balaban J connectivity index is 2.40. The Labute approximate surface area is 82.1 Å². The molecule has 0 aliphatic carbocycles. The molecule has 0 radical (unpaired) electrons. The van der Waals surface area contributed by atoms with E-state index in [4.69, 9.17) is 16.0 Å². The zero-order valence-electron chi connectivity index (χ0n) is 7.47. The van der Waals surface area contributed by atoms with Gasteiger partial charge < -0.3 is 9.73 Å². The van der Waals surface area contributed by atoms with Gasteiger partial charge >= 0.3 is 0 Å². The summed E-state index contributed by atoms with van der Waals surface area (Å²) < 4.78 is 5.13. The van der Waals surface area contributed by atoms with E-state index in [9.17, 15) is 4.79 Å². The average molecular weight is 202 g/mol. The van der Waals surface area contributed by atoms with Gasteiger partial charge in [-0.3, -0.25) is 4.79 Å². The molecule has 1 amide bonds. The minimum atomic E-state index is -0.182. The van der Waals surface area contributed by atoms with Crippen molar-refractivity contribution in [2.24, 2.45) is 0 Å². The molecule has 0 bridgehead atoms. The number of alkyl halides is 1. The lowest BCUT2D eigenvalue weighted by Gasteiger charge is -1.99. The fraction of sp³-hybridized carbons (Fsp3) is 0.444. The van der Waals surface area contributed by atoms with Gasteiger partial charge in [-0.2, -0.15) is 0 Å². The summed E-state index contributed by atoms with van der Waals surface area (Å²) in [6, 6.07) is 3.42. The number of carbonyl (C=O) groups is 1. The molecule has 0 saturated heterocycles. The predicted octanol–water partition coefficient (Wildman–Crippen LogP) is 1.95. The summed E-state index contributed by atoms with van der Waals surface area (Å²) in [5, 5.41) is 2.70. The number of furan rings is 1. The van der Waals surface area contributed by atoms with Crippen LogP contribution in [0.25, 0.3) is 0 Å². The Morgan fingerprint density at radius 1 is 1.62 bits per heavy atom. The third-order valence-corrected chi connectivity index (χ3v) is 1.83. The minimum absolute atomic E-state index is 0.182. The maximum atomic E-state index is 11.3. The number of carbonyl (C=O) groups excluding carboxylic acids is 1. The molecule has 1 aromatic rings. The Hall–Kier alpha value is -0.960. The lowest BCUT2D eigenvalue weighted by molar-refractivity contribution is 0.0925. The van der Waals surface area contributed by atoms with Gasteiger partial charge in [0.25, 0.3) is 5.91 Å². The smallest absolute Gasteiger partial charge is 0.286 e. The monoisotopic (exact) mass is 201 g/mol. The Morgan fingerprint density at radius 3 is 2.92 bits per heavy atom. The van der Waals surface area contributed by atoms with Crippen molar-refractivity contribution in [3.05, 3.63) is 23.7 Å². The Bertz CT molecular complexity index is 283. The molecule has 0 aromatic carbocycles. The van der Waals surface area contributed by atoms with Gasteiger partial charge in [0.05, 0.1) is 0 Å². The number of nitrogens with one attached hydrogen (secondary N) is 1. The van der Waals surface area contributed by atoms with Gasteiger partial charge in [0.1, 0.15) is 5.76 Å². The zero-order chi connectivity index (χ0) is 9.68. The highest BCUT2D eigenvalue weighted by molar-refractivity contribution is 6.17. The number of rotatable bonds is 4. The van der Waals surface area contributed by atoms with E-state index in [0.29, 0.717) is 18.2 Å². The van der Waals surface area contributed by atoms with Crippen molar-refractivity contribution < 1.29 is 9.21 Å². The quantitative estimate of drug-likeness (QED) is 0.598. The molecule has 1 rings (SSSR count). The SMILES string of the molecule is Cc1ccc(C(=O)NCCCCl)o1. The molecule has 0 aliphatic rings. The van der Waals surface area contributed by atoms with E-state index < -0.39 is 0 Å². The molecule has 3 nitrogen and oxygen atoms in total. The van der Waals surface area contributed by atoms with Crippen LogP contribution in [0.15, 0.2) is 16.5 Å². The van der Waals surface area contributed by atoms with E-state index in [1.165, 1.54) is 0 Å². The molecule has 0 saturated carbocycles. The fourth-order valence-electron chi connectivity index (χ4n) is 0.912. The number of amides is 1. The largest absolute Gasteiger partial charge is 0.456 e. The van der Waals surface area contributed by atoms with E-state index in [2.05, 4.69) is 5.32 Å². The standard InChI is InChI=1S/C9H12ClNO2/c1-7-3-4-8(13-7)9(12)11-6-2-5-10/h3-4H,2,5-6H2,1H3,(H,11,12). The molecule has 1 N–H and O–H groups in total. The Kier molecular flexibility index (Phi) is 3.83. The van der Waals surface area contributed by atoms with Crippen molar-refractivity contribution in [3.63, 3.8) is 0 Å². The van der Waals surface area contributed by atoms with Gasteiger partial charge in [-0.05, 0) is 25.5 Å². The van der Waals surface area contributed by atoms with E-state index in [0.717, 1.165) is 12.2 Å². The molecule has 4 heteroatoms. The molecule has 0 fully saturated rings. The lowest BCUT2D eigenvalue weighted by Crippen LogP contribution is -2.24. The number of hydrogen-bond donors (Lipinski definition) is 1. The van der Waals surface area contributed by atoms with Gasteiger partial charge in [-0.25, -0.2) is 0 Å². The first-order valence-corrected chi connectivity index (χ1v) is 4.68. The van der Waals surface area contributed by atoms with E-state index in [1.54, 1.807) is 19.1 Å². The summed E-state index contributed by atoms with van der Waals surface area (Å²) in [5.41, 5.74) is 0. The molecular formula is C9H12ClNO2. The van der Waals surface area contributed by atoms with Crippen molar-refractivity contribution in [1.29, 1.82) is 0 Å². The van der Waals surface area contributed by atoms with Crippen molar-refractivity contribution in [1.82, 2.24) is 5.32 Å². The van der Waals surface area contributed by atoms with Crippen LogP contribution in [0.4, 0.5) is 0 Å². The van der Waals surface area contributed by atoms with E-state index in [1.807, 2.05) is 0 Å². The zero-order valence-corrected chi connectivity index (χ0v) is 8.23. The number of hydrogen-bond acceptors (Lipinski definition) is 2.